The number of nitrogens with zero attached hydrogens (tertiary/aromatic N) is 6. The first-order chi connectivity index (χ1) is 16.8. The normalized spacial score (nSPS) is 20.2. The number of rotatable bonds is 3. The van der Waals surface area contributed by atoms with Gasteiger partial charge < -0.3 is 9.64 Å². The lowest BCUT2D eigenvalue weighted by Gasteiger charge is -2.44. The number of piperidine rings is 1. The highest BCUT2D eigenvalue weighted by molar-refractivity contribution is 5.96. The van der Waals surface area contributed by atoms with Gasteiger partial charge in [-0.3, -0.25) is 14.6 Å². The summed E-state index contributed by atoms with van der Waals surface area (Å²) in [5.41, 5.74) is -0.803. The van der Waals surface area contributed by atoms with Crippen molar-refractivity contribution < 1.29 is 27.5 Å². The minimum atomic E-state index is -4.71. The van der Waals surface area contributed by atoms with Crippen molar-refractivity contribution >= 4 is 11.8 Å². The highest BCUT2D eigenvalue weighted by Gasteiger charge is 2.44. The average Bonchev–Trinajstić information content (AvgIpc) is 3.26. The molecule has 0 bridgehead atoms. The van der Waals surface area contributed by atoms with Crippen LogP contribution in [0.4, 0.5) is 13.2 Å². The number of ether oxygens (including phenoxy) is 1. The van der Waals surface area contributed by atoms with Crippen molar-refractivity contribution in [2.24, 2.45) is 0 Å². The zero-order valence-electron chi connectivity index (χ0n) is 18.8. The quantitative estimate of drug-likeness (QED) is 0.656. The maximum absolute atomic E-state index is 13.8. The Morgan fingerprint density at radius 2 is 1.89 bits per heavy atom. The van der Waals surface area contributed by atoms with Crippen LogP contribution < -0.4 is 0 Å². The number of amides is 2. The number of alkyl halides is 3. The number of hydrazine groups is 1. The molecular formula is C23H23F3N6O3. The topological polar surface area (TPSA) is 94.7 Å². The highest BCUT2D eigenvalue weighted by atomic mass is 19.4. The fraction of sp³-hybridized carbons (Fsp3) is 0.478. The van der Waals surface area contributed by atoms with Crippen LogP contribution in [0.1, 0.15) is 40.2 Å². The van der Waals surface area contributed by atoms with Crippen LogP contribution in [0.25, 0.3) is 5.69 Å². The number of benzene rings is 1. The lowest BCUT2D eigenvalue weighted by Crippen LogP contribution is -2.57. The minimum Gasteiger partial charge on any atom is -0.370 e. The molecule has 2 aromatic rings. The van der Waals surface area contributed by atoms with Gasteiger partial charge in [-0.25, -0.2) is 9.69 Å². The van der Waals surface area contributed by atoms with Gasteiger partial charge in [0, 0.05) is 31.2 Å². The van der Waals surface area contributed by atoms with E-state index >= 15 is 0 Å². The van der Waals surface area contributed by atoms with Gasteiger partial charge in [-0.2, -0.15) is 23.5 Å². The second-order valence-electron chi connectivity index (χ2n) is 8.75. The third-order valence-electron chi connectivity index (χ3n) is 6.72. The molecule has 0 N–H and O–H groups in total. The van der Waals surface area contributed by atoms with Gasteiger partial charge in [-0.1, -0.05) is 6.07 Å². The van der Waals surface area contributed by atoms with Gasteiger partial charge >= 0.3 is 6.18 Å². The second kappa shape index (κ2) is 8.98. The predicted octanol–water partition coefficient (Wildman–Crippen LogP) is 2.00. The van der Waals surface area contributed by atoms with E-state index in [4.69, 9.17) is 4.74 Å². The van der Waals surface area contributed by atoms with E-state index in [1.54, 1.807) is 16.0 Å². The monoisotopic (exact) mass is 488 g/mol. The molecule has 2 saturated heterocycles. The summed E-state index contributed by atoms with van der Waals surface area (Å²) in [5, 5.41) is 16.6. The number of hydrogen-bond donors (Lipinski definition) is 0. The molecule has 9 nitrogen and oxygen atoms in total. The number of carbonyl (C=O) groups is 2. The maximum atomic E-state index is 13.8. The lowest BCUT2D eigenvalue weighted by molar-refractivity contribution is -0.168. The SMILES string of the molecule is N#Cc1cccc(-n2nc(C(F)(F)F)c3c2C(=O)N(C2CCN(N4CCOCC4=O)CC2)CC3)c1. The largest absolute Gasteiger partial charge is 0.435 e. The Morgan fingerprint density at radius 3 is 2.57 bits per heavy atom. The third kappa shape index (κ3) is 4.26. The average molecular weight is 488 g/mol. The fourth-order valence-electron chi connectivity index (χ4n) is 5.06. The molecule has 1 aromatic carbocycles. The van der Waals surface area contributed by atoms with Crippen molar-refractivity contribution in [1.29, 1.82) is 5.26 Å². The molecule has 0 unspecified atom stereocenters. The summed E-state index contributed by atoms with van der Waals surface area (Å²) in [6, 6.07) is 7.82. The number of aromatic nitrogens is 2. The number of nitriles is 1. The molecule has 3 aliphatic heterocycles. The Kier molecular flexibility index (Phi) is 5.98. The summed E-state index contributed by atoms with van der Waals surface area (Å²) in [7, 11) is 0. The van der Waals surface area contributed by atoms with E-state index in [1.807, 2.05) is 11.1 Å². The van der Waals surface area contributed by atoms with Crippen molar-refractivity contribution in [1.82, 2.24) is 24.7 Å². The third-order valence-corrected chi connectivity index (χ3v) is 6.72. The molecule has 35 heavy (non-hydrogen) atoms. The van der Waals surface area contributed by atoms with Crippen LogP contribution in [0, 0.1) is 11.3 Å². The fourth-order valence-corrected chi connectivity index (χ4v) is 5.06. The summed E-state index contributed by atoms with van der Waals surface area (Å²) in [5.74, 6) is -0.603. The molecular weight excluding hydrogens is 465 g/mol. The molecule has 2 fully saturated rings. The predicted molar refractivity (Wildman–Crippen MR) is 115 cm³/mol. The first kappa shape index (κ1) is 23.3. The van der Waals surface area contributed by atoms with E-state index < -0.39 is 17.8 Å². The molecule has 0 spiro atoms. The Labute approximate surface area is 199 Å². The Morgan fingerprint density at radius 1 is 1.11 bits per heavy atom. The van der Waals surface area contributed by atoms with Crippen molar-refractivity contribution in [3.05, 3.63) is 46.8 Å². The molecule has 0 aliphatic carbocycles. The molecule has 0 radical (unpaired) electrons. The lowest BCUT2D eigenvalue weighted by atomic mass is 9.97. The number of hydrogen-bond acceptors (Lipinski definition) is 6. The Balaban J connectivity index is 1.42. The number of carbonyl (C=O) groups excluding carboxylic acids is 2. The number of halogens is 3. The van der Waals surface area contributed by atoms with Crippen molar-refractivity contribution in [3.8, 4) is 11.8 Å². The molecule has 184 valence electrons. The highest BCUT2D eigenvalue weighted by Crippen LogP contribution is 2.37. The minimum absolute atomic E-state index is 0.0377. The van der Waals surface area contributed by atoms with Gasteiger partial charge in [0.15, 0.2) is 5.69 Å². The van der Waals surface area contributed by atoms with E-state index in [9.17, 15) is 28.0 Å². The second-order valence-corrected chi connectivity index (χ2v) is 8.75. The van der Waals surface area contributed by atoms with Crippen LogP contribution in [0.2, 0.25) is 0 Å². The van der Waals surface area contributed by atoms with E-state index in [0.717, 1.165) is 4.68 Å². The van der Waals surface area contributed by atoms with Crippen molar-refractivity contribution in [2.45, 2.75) is 31.5 Å². The van der Waals surface area contributed by atoms with Gasteiger partial charge in [-0.05, 0) is 37.5 Å². The van der Waals surface area contributed by atoms with Gasteiger partial charge in [0.25, 0.3) is 11.8 Å². The van der Waals surface area contributed by atoms with Crippen LogP contribution in [0.3, 0.4) is 0 Å². The van der Waals surface area contributed by atoms with Crippen molar-refractivity contribution in [2.75, 3.05) is 39.4 Å². The summed E-state index contributed by atoms with van der Waals surface area (Å²) >= 11 is 0. The molecule has 0 saturated carbocycles. The molecule has 2 amide bonds. The van der Waals surface area contributed by atoms with Gasteiger partial charge in [0.05, 0.1) is 30.5 Å². The van der Waals surface area contributed by atoms with E-state index in [2.05, 4.69) is 5.10 Å². The van der Waals surface area contributed by atoms with Crippen LogP contribution >= 0.6 is 0 Å². The van der Waals surface area contributed by atoms with Crippen LogP contribution in [0.5, 0.6) is 0 Å². The summed E-state index contributed by atoms with van der Waals surface area (Å²) in [6.07, 6.45) is -3.48. The van der Waals surface area contributed by atoms with Crippen LogP contribution in [0.15, 0.2) is 24.3 Å². The molecule has 12 heteroatoms. The molecule has 1 aromatic heterocycles. The first-order valence-corrected chi connectivity index (χ1v) is 11.4. The smallest absolute Gasteiger partial charge is 0.370 e. The van der Waals surface area contributed by atoms with E-state index in [0.29, 0.717) is 39.1 Å². The first-order valence-electron chi connectivity index (χ1n) is 11.4. The molecule has 0 atom stereocenters. The standard InChI is InChI=1S/C23H23F3N6O3/c24-23(25,26)21-18-6-9-30(16-4-7-29(8-5-16)31-10-11-35-14-19(31)33)22(34)20(18)32(28-21)17-3-1-2-15(12-17)13-27/h1-3,12,16H,4-11,14H2. The summed E-state index contributed by atoms with van der Waals surface area (Å²) < 4.78 is 47.5. The maximum Gasteiger partial charge on any atom is 0.435 e. The Bertz CT molecular complexity index is 1200. The number of fused-ring (bicyclic) bond motifs is 1. The summed E-state index contributed by atoms with van der Waals surface area (Å²) in [6.45, 7) is 2.29. The van der Waals surface area contributed by atoms with Crippen molar-refractivity contribution in [3.63, 3.8) is 0 Å². The van der Waals surface area contributed by atoms with Gasteiger partial charge in [0.1, 0.15) is 12.3 Å². The molecule has 5 rings (SSSR count). The van der Waals surface area contributed by atoms with Gasteiger partial charge in [0.2, 0.25) is 0 Å². The zero-order valence-corrected chi connectivity index (χ0v) is 18.8. The Hall–Kier alpha value is -3.43. The van der Waals surface area contributed by atoms with Crippen LogP contribution in [-0.2, 0) is 22.1 Å². The van der Waals surface area contributed by atoms with E-state index in [1.165, 1.54) is 18.2 Å². The van der Waals surface area contributed by atoms with Gasteiger partial charge in [-0.15, -0.1) is 0 Å². The van der Waals surface area contributed by atoms with Crippen LogP contribution in [-0.4, -0.2) is 81.9 Å². The molecule has 3 aliphatic rings. The summed E-state index contributed by atoms with van der Waals surface area (Å²) in [4.78, 5) is 27.4. The van der Waals surface area contributed by atoms with E-state index in [-0.39, 0.29) is 54.0 Å². The molecule has 4 heterocycles. The zero-order chi connectivity index (χ0) is 24.7. The number of morpholine rings is 1.